The van der Waals surface area contributed by atoms with Crippen LogP contribution in [0.2, 0.25) is 0 Å². The number of hydrogen-bond acceptors (Lipinski definition) is 7. The molecule has 0 aliphatic carbocycles. The minimum absolute atomic E-state index is 0.124. The molecule has 0 amide bonds. The molecule has 1 saturated heterocycles. The minimum Gasteiger partial charge on any atom is -0.484 e. The first kappa shape index (κ1) is 22.3. The first-order valence-electron chi connectivity index (χ1n) is 10.1. The lowest BCUT2D eigenvalue weighted by atomic mass is 10.1. The lowest BCUT2D eigenvalue weighted by molar-refractivity contribution is 0.0348. The zero-order valence-corrected chi connectivity index (χ0v) is 19.0. The molecule has 3 unspecified atom stereocenters. The number of hydrogen-bond donors (Lipinski definition) is 3. The van der Waals surface area contributed by atoms with Crippen molar-refractivity contribution < 1.29 is 18.1 Å². The van der Waals surface area contributed by atoms with Crippen molar-refractivity contribution in [3.63, 3.8) is 0 Å². The van der Waals surface area contributed by atoms with Gasteiger partial charge in [0.2, 0.25) is 0 Å². The number of rotatable bonds is 7. The van der Waals surface area contributed by atoms with Gasteiger partial charge in [-0.05, 0) is 42.6 Å². The number of fused-ring (bicyclic) bond motifs is 1. The number of anilines is 3. The number of aromatic nitrogens is 2. The summed E-state index contributed by atoms with van der Waals surface area (Å²) in [7, 11) is -0.798. The molecule has 1 aromatic heterocycles. The second kappa shape index (κ2) is 8.89. The highest BCUT2D eigenvalue weighted by Crippen LogP contribution is 2.34. The Kier molecular flexibility index (Phi) is 6.18. The maximum atomic E-state index is 14.0. The Bertz CT molecular complexity index is 1250. The van der Waals surface area contributed by atoms with Gasteiger partial charge in [-0.25, -0.2) is 18.6 Å². The van der Waals surface area contributed by atoms with E-state index >= 15 is 0 Å². The van der Waals surface area contributed by atoms with Gasteiger partial charge in [0.25, 0.3) is 0 Å². The summed E-state index contributed by atoms with van der Waals surface area (Å²) in [4.78, 5) is 8.75. The summed E-state index contributed by atoms with van der Waals surface area (Å²) in [6, 6.07) is 7.97. The SMILES string of the molecule is C=S(C)(=O)Nc1cc(C)c2c(Nc3ccc(F)cc3OC3CNCC3OC)ncnc2c1. The van der Waals surface area contributed by atoms with Crippen LogP contribution in [-0.4, -0.2) is 58.7 Å². The second-order valence-corrected chi connectivity index (χ2v) is 10.1. The molecular formula is C22H26FN5O3S. The molecule has 4 rings (SSSR count). The van der Waals surface area contributed by atoms with E-state index in [1.807, 2.05) is 13.0 Å². The van der Waals surface area contributed by atoms with Crippen molar-refractivity contribution in [1.29, 1.82) is 0 Å². The molecule has 3 aromatic rings. The molecule has 8 nitrogen and oxygen atoms in total. The van der Waals surface area contributed by atoms with Crippen molar-refractivity contribution in [2.75, 3.05) is 36.5 Å². The fraction of sp³-hybridized carbons (Fsp3) is 0.318. The van der Waals surface area contributed by atoms with Crippen LogP contribution in [0, 0.1) is 12.7 Å². The lowest BCUT2D eigenvalue weighted by Crippen LogP contribution is -2.31. The summed E-state index contributed by atoms with van der Waals surface area (Å²) < 4.78 is 40.5. The van der Waals surface area contributed by atoms with Gasteiger partial charge in [-0.3, -0.25) is 0 Å². The van der Waals surface area contributed by atoms with E-state index in [0.717, 1.165) is 10.9 Å². The molecule has 2 aromatic carbocycles. The molecule has 2 heterocycles. The van der Waals surface area contributed by atoms with E-state index < -0.39 is 15.5 Å². The Morgan fingerprint density at radius 3 is 2.75 bits per heavy atom. The van der Waals surface area contributed by atoms with Crippen molar-refractivity contribution in [1.82, 2.24) is 15.3 Å². The average molecular weight is 460 g/mol. The van der Waals surface area contributed by atoms with Gasteiger partial charge in [0.1, 0.15) is 35.9 Å². The molecule has 3 atom stereocenters. The Labute approximate surface area is 186 Å². The standard InChI is InChI=1S/C22H26FN5O3S/c1-13-7-15(28-32(3,4)29)9-17-21(13)22(26-12-25-17)27-16-6-5-14(23)8-18(16)31-20-11-24-10-19(20)30-2/h5-9,12,19-20,24H,3,10-11H2,1-2,4H3,(H,28,29)(H,25,26,27). The number of aryl methyl sites for hydroxylation is 1. The van der Waals surface area contributed by atoms with Crippen LogP contribution in [0.25, 0.3) is 10.9 Å². The first-order valence-corrected chi connectivity index (χ1v) is 12.2. The smallest absolute Gasteiger partial charge is 0.146 e. The van der Waals surface area contributed by atoms with Crippen LogP contribution in [0.3, 0.4) is 0 Å². The fourth-order valence-corrected chi connectivity index (χ4v) is 4.38. The van der Waals surface area contributed by atoms with Gasteiger partial charge in [0, 0.05) is 53.3 Å². The summed E-state index contributed by atoms with van der Waals surface area (Å²) in [5.74, 6) is 4.15. The molecule has 1 aliphatic rings. The van der Waals surface area contributed by atoms with E-state index in [9.17, 15) is 8.60 Å². The van der Waals surface area contributed by atoms with E-state index in [1.165, 1.54) is 24.7 Å². The second-order valence-electron chi connectivity index (χ2n) is 7.87. The zero-order valence-electron chi connectivity index (χ0n) is 18.1. The molecule has 3 N–H and O–H groups in total. The van der Waals surface area contributed by atoms with E-state index in [0.29, 0.717) is 41.5 Å². The van der Waals surface area contributed by atoms with Crippen LogP contribution >= 0.6 is 0 Å². The highest BCUT2D eigenvalue weighted by atomic mass is 32.2. The predicted octanol–water partition coefficient (Wildman–Crippen LogP) is 2.86. The third-order valence-electron chi connectivity index (χ3n) is 5.15. The largest absolute Gasteiger partial charge is 0.484 e. The van der Waals surface area contributed by atoms with Gasteiger partial charge in [0.15, 0.2) is 0 Å². The van der Waals surface area contributed by atoms with E-state index in [4.69, 9.17) is 9.47 Å². The number of nitrogens with zero attached hydrogens (tertiary/aromatic N) is 2. The van der Waals surface area contributed by atoms with Gasteiger partial charge >= 0.3 is 0 Å². The van der Waals surface area contributed by atoms with Crippen molar-refractivity contribution in [3.05, 3.63) is 48.0 Å². The molecular weight excluding hydrogens is 433 g/mol. The molecule has 0 radical (unpaired) electrons. The third-order valence-corrected chi connectivity index (χ3v) is 5.82. The molecule has 170 valence electrons. The number of benzene rings is 2. The average Bonchev–Trinajstić information content (AvgIpc) is 3.15. The van der Waals surface area contributed by atoms with Crippen LogP contribution in [0.4, 0.5) is 21.6 Å². The highest BCUT2D eigenvalue weighted by Gasteiger charge is 2.29. The quantitative estimate of drug-likeness (QED) is 0.468. The molecule has 0 spiro atoms. The Balaban J connectivity index is 1.69. The van der Waals surface area contributed by atoms with Crippen molar-refractivity contribution >= 4 is 43.7 Å². The summed E-state index contributed by atoms with van der Waals surface area (Å²) >= 11 is 0. The number of ether oxygens (including phenoxy) is 2. The third kappa shape index (κ3) is 4.93. The first-order chi connectivity index (χ1) is 15.2. The predicted molar refractivity (Wildman–Crippen MR) is 127 cm³/mol. The van der Waals surface area contributed by atoms with Crippen LogP contribution < -0.4 is 20.1 Å². The Hall–Kier alpha value is -2.95. The summed E-state index contributed by atoms with van der Waals surface area (Å²) in [6.45, 7) is 3.19. The van der Waals surface area contributed by atoms with Crippen LogP contribution in [0.5, 0.6) is 5.75 Å². The van der Waals surface area contributed by atoms with Gasteiger partial charge in [-0.1, -0.05) is 0 Å². The molecule has 1 aliphatic heterocycles. The molecule has 0 bridgehead atoms. The van der Waals surface area contributed by atoms with Gasteiger partial charge in [0.05, 0.1) is 11.2 Å². The maximum Gasteiger partial charge on any atom is 0.146 e. The molecule has 1 fully saturated rings. The normalized spacial score (nSPS) is 20.1. The zero-order chi connectivity index (χ0) is 22.9. The number of methoxy groups -OCH3 is 1. The van der Waals surface area contributed by atoms with Crippen molar-refractivity contribution in [2.24, 2.45) is 0 Å². The maximum absolute atomic E-state index is 14.0. The van der Waals surface area contributed by atoms with Crippen LogP contribution in [0.1, 0.15) is 5.56 Å². The van der Waals surface area contributed by atoms with Gasteiger partial charge < -0.3 is 24.8 Å². The molecule has 0 saturated carbocycles. The topological polar surface area (TPSA) is 97.4 Å². The lowest BCUT2D eigenvalue weighted by Gasteiger charge is -2.21. The Morgan fingerprint density at radius 1 is 1.22 bits per heavy atom. The minimum atomic E-state index is -2.43. The van der Waals surface area contributed by atoms with Crippen LogP contribution in [0.15, 0.2) is 36.7 Å². The molecule has 32 heavy (non-hydrogen) atoms. The molecule has 10 heteroatoms. The summed E-state index contributed by atoms with van der Waals surface area (Å²) in [5.41, 5.74) is 2.77. The number of nitrogens with one attached hydrogen (secondary N) is 3. The van der Waals surface area contributed by atoms with E-state index in [-0.39, 0.29) is 12.2 Å². The Morgan fingerprint density at radius 2 is 2.00 bits per heavy atom. The number of halogens is 1. The highest BCUT2D eigenvalue weighted by molar-refractivity contribution is 8.00. The fourth-order valence-electron chi connectivity index (χ4n) is 3.77. The van der Waals surface area contributed by atoms with Crippen molar-refractivity contribution in [3.8, 4) is 5.75 Å². The van der Waals surface area contributed by atoms with Crippen LogP contribution in [-0.2, 0) is 14.4 Å². The van der Waals surface area contributed by atoms with Crippen molar-refractivity contribution in [2.45, 2.75) is 19.1 Å². The monoisotopic (exact) mass is 459 g/mol. The van der Waals surface area contributed by atoms with E-state index in [1.54, 1.807) is 19.2 Å². The summed E-state index contributed by atoms with van der Waals surface area (Å²) in [5, 5.41) is 7.27. The van der Waals surface area contributed by atoms with Gasteiger partial charge in [-0.15, -0.1) is 0 Å². The van der Waals surface area contributed by atoms with E-state index in [2.05, 4.69) is 31.2 Å². The van der Waals surface area contributed by atoms with Gasteiger partial charge in [-0.2, -0.15) is 0 Å². The summed E-state index contributed by atoms with van der Waals surface area (Å²) in [6.07, 6.45) is 2.60.